The van der Waals surface area contributed by atoms with E-state index in [4.69, 9.17) is 11.5 Å². The van der Waals surface area contributed by atoms with Crippen molar-refractivity contribution in [1.29, 1.82) is 0 Å². The van der Waals surface area contributed by atoms with E-state index in [9.17, 15) is 27.6 Å². The number of nitrogens with one attached hydrogen (secondary N) is 1. The molecular weight excluding hydrogens is 437 g/mol. The van der Waals surface area contributed by atoms with Crippen molar-refractivity contribution in [2.24, 2.45) is 17.4 Å². The number of unbranched alkanes of at least 4 members (excludes halogenated alkanes) is 1. The number of nitrogens with zero attached hydrogens (tertiary/aromatic N) is 1. The van der Waals surface area contributed by atoms with Gasteiger partial charge in [-0.1, -0.05) is 46.2 Å². The van der Waals surface area contributed by atoms with Crippen molar-refractivity contribution in [3.05, 3.63) is 29.8 Å². The van der Waals surface area contributed by atoms with E-state index in [0.29, 0.717) is 25.8 Å². The quantitative estimate of drug-likeness (QED) is 0.428. The van der Waals surface area contributed by atoms with Gasteiger partial charge in [0.25, 0.3) is 5.91 Å². The maximum Gasteiger partial charge on any atom is 0.472 e. The van der Waals surface area contributed by atoms with E-state index in [1.54, 1.807) is 26.0 Å². The maximum absolute atomic E-state index is 13.4. The Hall–Kier alpha value is -2.46. The second kappa shape index (κ2) is 12.7. The summed E-state index contributed by atoms with van der Waals surface area (Å²) in [4.78, 5) is 38.1. The SMILES string of the molecule is CC(C)C[C@H](NC(=O)[C@@H](N)CCCCN)C(=O)N(C(=O)C(F)(F)F)c1ccc(C(C)C)cc1. The summed E-state index contributed by atoms with van der Waals surface area (Å²) in [5.74, 6) is -4.19. The number of anilines is 1. The van der Waals surface area contributed by atoms with Crippen molar-refractivity contribution in [1.82, 2.24) is 5.32 Å². The number of carbonyl (C=O) groups excluding carboxylic acids is 3. The zero-order valence-corrected chi connectivity index (χ0v) is 19.6. The van der Waals surface area contributed by atoms with Gasteiger partial charge < -0.3 is 16.8 Å². The Kier molecular flexibility index (Phi) is 11.0. The first-order valence-corrected chi connectivity index (χ1v) is 11.1. The molecule has 1 aromatic carbocycles. The van der Waals surface area contributed by atoms with E-state index < -0.39 is 36.0 Å². The van der Waals surface area contributed by atoms with Crippen LogP contribution in [0.5, 0.6) is 0 Å². The van der Waals surface area contributed by atoms with Crippen LogP contribution in [-0.4, -0.2) is 42.5 Å². The van der Waals surface area contributed by atoms with Gasteiger partial charge in [-0.3, -0.25) is 14.4 Å². The molecule has 33 heavy (non-hydrogen) atoms. The minimum absolute atomic E-state index is 0.0335. The molecule has 5 N–H and O–H groups in total. The normalized spacial score (nSPS) is 13.7. The smallest absolute Gasteiger partial charge is 0.343 e. The van der Waals surface area contributed by atoms with Crippen LogP contribution < -0.4 is 21.7 Å². The predicted octanol–water partition coefficient (Wildman–Crippen LogP) is 3.22. The van der Waals surface area contributed by atoms with Gasteiger partial charge >= 0.3 is 12.1 Å². The number of alkyl halides is 3. The number of carbonyl (C=O) groups is 3. The van der Waals surface area contributed by atoms with Gasteiger partial charge in [-0.05, 0) is 55.3 Å². The predicted molar refractivity (Wildman–Crippen MR) is 121 cm³/mol. The summed E-state index contributed by atoms with van der Waals surface area (Å²) >= 11 is 0. The lowest BCUT2D eigenvalue weighted by Crippen LogP contribution is -2.56. The van der Waals surface area contributed by atoms with Crippen LogP contribution in [0.1, 0.15) is 64.9 Å². The first-order valence-electron chi connectivity index (χ1n) is 11.1. The van der Waals surface area contributed by atoms with E-state index in [1.165, 1.54) is 12.1 Å². The summed E-state index contributed by atoms with van der Waals surface area (Å²) in [6.07, 6.45) is -3.68. The molecule has 186 valence electrons. The van der Waals surface area contributed by atoms with E-state index in [-0.39, 0.29) is 28.8 Å². The molecule has 2 atom stereocenters. The van der Waals surface area contributed by atoms with E-state index in [2.05, 4.69) is 5.32 Å². The Bertz CT molecular complexity index is 795. The highest BCUT2D eigenvalue weighted by Gasteiger charge is 2.47. The molecule has 0 aromatic heterocycles. The summed E-state index contributed by atoms with van der Waals surface area (Å²) in [6.45, 7) is 7.75. The number of hydrogen-bond donors (Lipinski definition) is 3. The number of amides is 3. The van der Waals surface area contributed by atoms with Crippen molar-refractivity contribution >= 4 is 23.4 Å². The fraction of sp³-hybridized carbons (Fsp3) is 0.609. The third-order valence-corrected chi connectivity index (χ3v) is 5.11. The van der Waals surface area contributed by atoms with Gasteiger partial charge in [-0.15, -0.1) is 0 Å². The molecule has 0 heterocycles. The molecule has 0 aliphatic carbocycles. The van der Waals surface area contributed by atoms with Crippen LogP contribution in [0.2, 0.25) is 0 Å². The average molecular weight is 473 g/mol. The molecule has 0 fully saturated rings. The van der Waals surface area contributed by atoms with Gasteiger partial charge in [0.15, 0.2) is 0 Å². The Morgan fingerprint density at radius 1 is 1.03 bits per heavy atom. The molecule has 0 aliphatic rings. The van der Waals surface area contributed by atoms with Crippen molar-refractivity contribution in [2.45, 2.75) is 77.6 Å². The number of hydrogen-bond acceptors (Lipinski definition) is 5. The second-order valence-corrected chi connectivity index (χ2v) is 8.80. The maximum atomic E-state index is 13.4. The summed E-state index contributed by atoms with van der Waals surface area (Å²) in [5.41, 5.74) is 11.9. The van der Waals surface area contributed by atoms with Gasteiger partial charge in [0.1, 0.15) is 6.04 Å². The first kappa shape index (κ1) is 28.6. The van der Waals surface area contributed by atoms with Crippen LogP contribution in [-0.2, 0) is 14.4 Å². The summed E-state index contributed by atoms with van der Waals surface area (Å²) in [6, 6.07) is 3.42. The first-order chi connectivity index (χ1) is 15.3. The van der Waals surface area contributed by atoms with Crippen LogP contribution >= 0.6 is 0 Å². The highest BCUT2D eigenvalue weighted by molar-refractivity contribution is 6.18. The van der Waals surface area contributed by atoms with Gasteiger partial charge in [0.05, 0.1) is 11.7 Å². The molecule has 0 unspecified atom stereocenters. The standard InChI is InChI=1S/C23H35F3N4O3/c1-14(2)13-19(29-20(31)18(28)7-5-6-12-27)21(32)30(22(33)23(24,25)26)17-10-8-16(9-11-17)15(3)4/h8-11,14-15,18-19H,5-7,12-13,27-28H2,1-4H3,(H,29,31)/t18-,19-/m0/s1. The van der Waals surface area contributed by atoms with Crippen LogP contribution in [0.15, 0.2) is 24.3 Å². The molecule has 0 bridgehead atoms. The topological polar surface area (TPSA) is 119 Å². The summed E-state index contributed by atoms with van der Waals surface area (Å²) < 4.78 is 40.1. The fourth-order valence-corrected chi connectivity index (χ4v) is 3.25. The van der Waals surface area contributed by atoms with Crippen LogP contribution in [0, 0.1) is 5.92 Å². The molecule has 0 spiro atoms. The Morgan fingerprint density at radius 3 is 2.06 bits per heavy atom. The molecule has 0 saturated heterocycles. The Balaban J connectivity index is 3.27. The van der Waals surface area contributed by atoms with Crippen LogP contribution in [0.4, 0.5) is 18.9 Å². The Morgan fingerprint density at radius 2 is 1.61 bits per heavy atom. The zero-order valence-electron chi connectivity index (χ0n) is 19.6. The van der Waals surface area contributed by atoms with Gasteiger partial charge in [0.2, 0.25) is 5.91 Å². The van der Waals surface area contributed by atoms with Crippen molar-refractivity contribution in [3.63, 3.8) is 0 Å². The minimum Gasteiger partial charge on any atom is -0.343 e. The molecule has 7 nitrogen and oxygen atoms in total. The van der Waals surface area contributed by atoms with Gasteiger partial charge in [-0.2, -0.15) is 13.2 Å². The number of imide groups is 1. The minimum atomic E-state index is -5.28. The molecule has 0 radical (unpaired) electrons. The van der Waals surface area contributed by atoms with Gasteiger partial charge in [-0.25, -0.2) is 4.90 Å². The second-order valence-electron chi connectivity index (χ2n) is 8.80. The van der Waals surface area contributed by atoms with Crippen molar-refractivity contribution in [2.75, 3.05) is 11.4 Å². The Labute approximate surface area is 193 Å². The highest BCUT2D eigenvalue weighted by atomic mass is 19.4. The summed E-state index contributed by atoms with van der Waals surface area (Å²) in [5, 5.41) is 2.46. The molecule has 0 aliphatic heterocycles. The van der Waals surface area contributed by atoms with Gasteiger partial charge in [0, 0.05) is 0 Å². The van der Waals surface area contributed by atoms with E-state index in [0.717, 1.165) is 5.56 Å². The third-order valence-electron chi connectivity index (χ3n) is 5.11. The molecule has 3 amide bonds. The van der Waals surface area contributed by atoms with Crippen molar-refractivity contribution in [3.8, 4) is 0 Å². The van der Waals surface area contributed by atoms with Crippen LogP contribution in [0.25, 0.3) is 0 Å². The number of nitrogens with two attached hydrogens (primary N) is 2. The third kappa shape index (κ3) is 8.77. The average Bonchev–Trinajstić information content (AvgIpc) is 2.72. The number of benzene rings is 1. The van der Waals surface area contributed by atoms with Crippen LogP contribution in [0.3, 0.4) is 0 Å². The lowest BCUT2D eigenvalue weighted by Gasteiger charge is -2.29. The monoisotopic (exact) mass is 472 g/mol. The van der Waals surface area contributed by atoms with E-state index in [1.807, 2.05) is 13.8 Å². The molecular formula is C23H35F3N4O3. The van der Waals surface area contributed by atoms with Crippen molar-refractivity contribution < 1.29 is 27.6 Å². The lowest BCUT2D eigenvalue weighted by molar-refractivity contribution is -0.171. The zero-order chi connectivity index (χ0) is 25.3. The number of rotatable bonds is 11. The summed E-state index contributed by atoms with van der Waals surface area (Å²) in [7, 11) is 0. The molecule has 10 heteroatoms. The molecule has 1 aromatic rings. The molecule has 1 rings (SSSR count). The largest absolute Gasteiger partial charge is 0.472 e. The molecule has 0 saturated carbocycles. The lowest BCUT2D eigenvalue weighted by atomic mass is 10.00. The number of halogens is 3. The van der Waals surface area contributed by atoms with E-state index >= 15 is 0 Å². The fourth-order valence-electron chi connectivity index (χ4n) is 3.25. The highest BCUT2D eigenvalue weighted by Crippen LogP contribution is 2.27.